The highest BCUT2D eigenvalue weighted by atomic mass is 32.1. The number of unbranched alkanes of at least 4 members (excludes halogenated alkanes) is 15. The Labute approximate surface area is 245 Å². The molecule has 0 aliphatic rings. The molecule has 0 aliphatic heterocycles. The lowest BCUT2D eigenvalue weighted by Crippen LogP contribution is -2.38. The Kier molecular flexibility index (Phi) is 22.0. The molecule has 230 valence electrons. The van der Waals surface area contributed by atoms with Gasteiger partial charge in [0.1, 0.15) is 19.3 Å². The van der Waals surface area contributed by atoms with Crippen molar-refractivity contribution in [3.8, 4) is 0 Å². The highest BCUT2D eigenvalue weighted by Gasteiger charge is 2.22. The molecular formula is C30H53N3O6S. The van der Waals surface area contributed by atoms with Gasteiger partial charge in [0.2, 0.25) is 5.91 Å². The van der Waals surface area contributed by atoms with Crippen LogP contribution in [0.2, 0.25) is 0 Å². The number of nitrogens with zero attached hydrogens (tertiary/aromatic N) is 2. The molecule has 1 heterocycles. The Balaban J connectivity index is 1.99. The van der Waals surface area contributed by atoms with E-state index < -0.39 is 24.2 Å². The molecule has 0 radical (unpaired) electrons. The van der Waals surface area contributed by atoms with Gasteiger partial charge in [-0.05, 0) is 6.42 Å². The molecule has 0 bridgehead atoms. The maximum Gasteiger partial charge on any atom is 0.416 e. The summed E-state index contributed by atoms with van der Waals surface area (Å²) in [6.45, 7) is 3.93. The summed E-state index contributed by atoms with van der Waals surface area (Å²) < 4.78 is 15.6. The number of amides is 3. The first-order chi connectivity index (χ1) is 19.5. The normalized spacial score (nSPS) is 11.7. The fraction of sp³-hybridized carbons (Fsp3) is 0.800. The Bertz CT molecular complexity index is 778. The van der Waals surface area contributed by atoms with Crippen LogP contribution in [-0.4, -0.2) is 60.9 Å². The van der Waals surface area contributed by atoms with Gasteiger partial charge < -0.3 is 19.5 Å². The van der Waals surface area contributed by atoms with Gasteiger partial charge >= 0.3 is 12.2 Å². The molecule has 0 spiro atoms. The molecular weight excluding hydrogens is 530 g/mol. The minimum Gasteiger partial charge on any atom is -0.447 e. The molecule has 0 saturated carbocycles. The van der Waals surface area contributed by atoms with E-state index in [0.29, 0.717) is 12.2 Å². The Morgan fingerprint density at radius 2 is 1.38 bits per heavy atom. The number of imide groups is 1. The van der Waals surface area contributed by atoms with Crippen molar-refractivity contribution < 1.29 is 28.6 Å². The molecule has 9 nitrogen and oxygen atoms in total. The third kappa shape index (κ3) is 19.0. The van der Waals surface area contributed by atoms with Crippen molar-refractivity contribution >= 4 is 29.4 Å². The molecule has 1 N–H and O–H groups in total. The summed E-state index contributed by atoms with van der Waals surface area (Å²) in [6, 6.07) is 0. The van der Waals surface area contributed by atoms with Crippen LogP contribution in [0.15, 0.2) is 10.9 Å². The molecule has 10 heteroatoms. The van der Waals surface area contributed by atoms with Crippen LogP contribution in [0.4, 0.5) is 9.59 Å². The van der Waals surface area contributed by atoms with E-state index in [1.54, 1.807) is 10.9 Å². The third-order valence-corrected chi connectivity index (χ3v) is 7.47. The zero-order valence-electron chi connectivity index (χ0n) is 25.1. The number of aromatic nitrogens is 1. The first-order valence-electron chi connectivity index (χ1n) is 15.2. The largest absolute Gasteiger partial charge is 0.447 e. The SMILES string of the molecule is CCCCCCCCCCCCCCCCCCNC(=O)OCC(COC(=O)N(Cc1cscn1)C(C)=O)OC. The maximum atomic E-state index is 12.3. The number of carbonyl (C=O) groups excluding carboxylic acids is 3. The van der Waals surface area contributed by atoms with Crippen LogP contribution >= 0.6 is 11.3 Å². The van der Waals surface area contributed by atoms with Gasteiger partial charge in [0, 0.05) is 26.0 Å². The number of thiazole rings is 1. The Morgan fingerprint density at radius 3 is 1.85 bits per heavy atom. The van der Waals surface area contributed by atoms with Crippen molar-refractivity contribution in [3.05, 3.63) is 16.6 Å². The van der Waals surface area contributed by atoms with Gasteiger partial charge in [0.25, 0.3) is 0 Å². The van der Waals surface area contributed by atoms with E-state index in [-0.39, 0.29) is 19.8 Å². The second kappa shape index (κ2) is 24.6. The van der Waals surface area contributed by atoms with E-state index in [1.807, 2.05) is 0 Å². The molecule has 40 heavy (non-hydrogen) atoms. The quantitative estimate of drug-likeness (QED) is 0.125. The average Bonchev–Trinajstić information content (AvgIpc) is 3.46. The molecule has 0 aliphatic carbocycles. The minimum absolute atomic E-state index is 0.0353. The van der Waals surface area contributed by atoms with Crippen LogP contribution in [0.5, 0.6) is 0 Å². The Hall–Kier alpha value is -2.20. The van der Waals surface area contributed by atoms with Gasteiger partial charge in [-0.1, -0.05) is 103 Å². The Morgan fingerprint density at radius 1 is 0.850 bits per heavy atom. The molecule has 1 aromatic heterocycles. The molecule has 1 atom stereocenters. The average molecular weight is 584 g/mol. The van der Waals surface area contributed by atoms with Crippen LogP contribution in [0.25, 0.3) is 0 Å². The van der Waals surface area contributed by atoms with Gasteiger partial charge in [0.05, 0.1) is 17.7 Å². The molecule has 0 aromatic carbocycles. The first-order valence-corrected chi connectivity index (χ1v) is 16.2. The summed E-state index contributed by atoms with van der Waals surface area (Å²) in [5.41, 5.74) is 2.23. The fourth-order valence-electron chi connectivity index (χ4n) is 4.29. The van der Waals surface area contributed by atoms with E-state index in [4.69, 9.17) is 14.2 Å². The lowest BCUT2D eigenvalue weighted by molar-refractivity contribution is -0.128. The number of carbonyl (C=O) groups is 3. The smallest absolute Gasteiger partial charge is 0.416 e. The summed E-state index contributed by atoms with van der Waals surface area (Å²) in [6.07, 6.45) is 19.0. The fourth-order valence-corrected chi connectivity index (χ4v) is 4.84. The van der Waals surface area contributed by atoms with Gasteiger partial charge in [0.15, 0.2) is 0 Å². The van der Waals surface area contributed by atoms with Crippen molar-refractivity contribution in [1.82, 2.24) is 15.2 Å². The van der Waals surface area contributed by atoms with Crippen molar-refractivity contribution in [2.45, 2.75) is 129 Å². The van der Waals surface area contributed by atoms with Crippen molar-refractivity contribution in [2.24, 2.45) is 0 Å². The van der Waals surface area contributed by atoms with Gasteiger partial charge in [-0.25, -0.2) is 19.5 Å². The number of methoxy groups -OCH3 is 1. The summed E-state index contributed by atoms with van der Waals surface area (Å²) in [5, 5.41) is 4.51. The van der Waals surface area contributed by atoms with Crippen LogP contribution in [0.3, 0.4) is 0 Å². The standard InChI is InChI=1S/C30H53N3O6S/c1-4-5-6-7-8-9-10-11-12-13-14-15-16-17-18-19-20-31-29(35)38-22-28(37-3)23-39-30(36)33(26(2)34)21-27-24-40-25-32-27/h24-25,28H,4-23H2,1-3H3,(H,31,35). The van der Waals surface area contributed by atoms with Crippen molar-refractivity contribution in [1.29, 1.82) is 0 Å². The summed E-state index contributed by atoms with van der Waals surface area (Å²) in [4.78, 5) is 41.2. The molecule has 0 saturated heterocycles. The summed E-state index contributed by atoms with van der Waals surface area (Å²) in [7, 11) is 1.44. The summed E-state index contributed by atoms with van der Waals surface area (Å²) >= 11 is 1.38. The van der Waals surface area contributed by atoms with E-state index in [0.717, 1.165) is 17.7 Å². The molecule has 1 unspecified atom stereocenters. The van der Waals surface area contributed by atoms with Gasteiger partial charge in [-0.3, -0.25) is 4.79 Å². The predicted octanol–water partition coefficient (Wildman–Crippen LogP) is 7.63. The first kappa shape index (κ1) is 35.8. The van der Waals surface area contributed by atoms with Crippen LogP contribution < -0.4 is 5.32 Å². The number of alkyl carbamates (subject to hydrolysis) is 1. The number of rotatable bonds is 24. The molecule has 1 rings (SSSR count). The van der Waals surface area contributed by atoms with E-state index in [1.165, 1.54) is 115 Å². The number of hydrogen-bond donors (Lipinski definition) is 1. The highest BCUT2D eigenvalue weighted by Crippen LogP contribution is 2.14. The monoisotopic (exact) mass is 583 g/mol. The number of ether oxygens (including phenoxy) is 3. The minimum atomic E-state index is -0.796. The summed E-state index contributed by atoms with van der Waals surface area (Å²) in [5.74, 6) is -0.448. The topological polar surface area (TPSA) is 107 Å². The molecule has 1 aromatic rings. The third-order valence-electron chi connectivity index (χ3n) is 6.83. The van der Waals surface area contributed by atoms with E-state index in [2.05, 4.69) is 17.2 Å². The highest BCUT2D eigenvalue weighted by molar-refractivity contribution is 7.07. The predicted molar refractivity (Wildman–Crippen MR) is 159 cm³/mol. The zero-order chi connectivity index (χ0) is 29.3. The molecule has 3 amide bonds. The van der Waals surface area contributed by atoms with Crippen LogP contribution in [0, 0.1) is 0 Å². The van der Waals surface area contributed by atoms with Crippen LogP contribution in [0.1, 0.15) is 122 Å². The van der Waals surface area contributed by atoms with Crippen molar-refractivity contribution in [3.63, 3.8) is 0 Å². The van der Waals surface area contributed by atoms with Crippen molar-refractivity contribution in [2.75, 3.05) is 26.9 Å². The van der Waals surface area contributed by atoms with E-state index >= 15 is 0 Å². The zero-order valence-corrected chi connectivity index (χ0v) is 25.9. The maximum absolute atomic E-state index is 12.3. The second-order valence-electron chi connectivity index (χ2n) is 10.3. The number of nitrogens with one attached hydrogen (secondary N) is 1. The number of hydrogen-bond acceptors (Lipinski definition) is 8. The molecule has 0 fully saturated rings. The second-order valence-corrected chi connectivity index (χ2v) is 11.1. The van der Waals surface area contributed by atoms with Crippen LogP contribution in [-0.2, 0) is 25.5 Å². The lowest BCUT2D eigenvalue weighted by Gasteiger charge is -2.20. The van der Waals surface area contributed by atoms with Gasteiger partial charge in [-0.2, -0.15) is 0 Å². The van der Waals surface area contributed by atoms with E-state index in [9.17, 15) is 14.4 Å². The van der Waals surface area contributed by atoms with Gasteiger partial charge in [-0.15, -0.1) is 11.3 Å². The lowest BCUT2D eigenvalue weighted by atomic mass is 10.0.